The number of aromatic nitrogens is 1. The van der Waals surface area contributed by atoms with Gasteiger partial charge >= 0.3 is 0 Å². The van der Waals surface area contributed by atoms with E-state index in [9.17, 15) is 4.79 Å². The molecular weight excluding hydrogens is 380 g/mol. The first-order valence-corrected chi connectivity index (χ1v) is 10.3. The number of carbonyl (C=O) groups excluding carboxylic acids is 1. The molecule has 0 saturated carbocycles. The van der Waals surface area contributed by atoms with Crippen molar-refractivity contribution in [1.29, 1.82) is 0 Å². The van der Waals surface area contributed by atoms with Gasteiger partial charge in [-0.3, -0.25) is 4.79 Å². The molecule has 4 rings (SSSR count). The summed E-state index contributed by atoms with van der Waals surface area (Å²) < 4.78 is 5.31. The highest BCUT2D eigenvalue weighted by Gasteiger charge is 2.14. The fraction of sp³-hybridized carbons (Fsp3) is 0.167. The van der Waals surface area contributed by atoms with E-state index in [2.05, 4.69) is 48.0 Å². The quantitative estimate of drug-likeness (QED) is 0.440. The van der Waals surface area contributed by atoms with Crippen LogP contribution in [-0.4, -0.2) is 18.0 Å². The lowest BCUT2D eigenvalue weighted by molar-refractivity contribution is -0.114. The van der Waals surface area contributed by atoms with Crippen molar-refractivity contribution in [1.82, 2.24) is 4.98 Å². The maximum Gasteiger partial charge on any atom is 0.221 e. The number of rotatable bonds is 5. The Labute approximate surface area is 174 Å². The predicted molar refractivity (Wildman–Crippen MR) is 120 cm³/mol. The Bertz CT molecular complexity index is 1170. The van der Waals surface area contributed by atoms with E-state index in [0.717, 1.165) is 27.7 Å². The van der Waals surface area contributed by atoms with E-state index in [-0.39, 0.29) is 11.8 Å². The minimum atomic E-state index is -0.0728. The number of carbonyl (C=O) groups is 1. The van der Waals surface area contributed by atoms with Crippen LogP contribution in [0.25, 0.3) is 22.0 Å². The molecule has 1 N–H and O–H groups in total. The Balaban J connectivity index is 1.57. The fourth-order valence-electron chi connectivity index (χ4n) is 3.33. The zero-order valence-corrected chi connectivity index (χ0v) is 17.4. The zero-order chi connectivity index (χ0) is 20.4. The predicted octanol–water partition coefficient (Wildman–Crippen LogP) is 6.08. The maximum atomic E-state index is 11.2. The summed E-state index contributed by atoms with van der Waals surface area (Å²) in [6, 6.07) is 20.4. The number of thiazole rings is 1. The molecule has 5 heteroatoms. The van der Waals surface area contributed by atoms with Crippen LogP contribution in [0.3, 0.4) is 0 Å². The normalized spacial score (nSPS) is 12.0. The second kappa shape index (κ2) is 8.05. The van der Waals surface area contributed by atoms with Crippen LogP contribution in [-0.2, 0) is 4.79 Å². The van der Waals surface area contributed by atoms with Crippen molar-refractivity contribution in [3.63, 3.8) is 0 Å². The van der Waals surface area contributed by atoms with Gasteiger partial charge in [0.05, 0.1) is 12.8 Å². The Morgan fingerprint density at radius 1 is 1.03 bits per heavy atom. The van der Waals surface area contributed by atoms with Gasteiger partial charge in [-0.25, -0.2) is 4.98 Å². The highest BCUT2D eigenvalue weighted by atomic mass is 32.1. The molecule has 1 atom stereocenters. The van der Waals surface area contributed by atoms with Gasteiger partial charge in [0.15, 0.2) is 0 Å². The first-order valence-electron chi connectivity index (χ1n) is 9.44. The molecule has 0 aliphatic heterocycles. The number of hydrogen-bond donors (Lipinski definition) is 1. The van der Waals surface area contributed by atoms with Gasteiger partial charge in [-0.15, -0.1) is 11.3 Å². The molecule has 146 valence electrons. The molecule has 1 aromatic heterocycles. The summed E-state index contributed by atoms with van der Waals surface area (Å²) in [6.45, 7) is 3.69. The lowest BCUT2D eigenvalue weighted by Crippen LogP contribution is -2.05. The average molecular weight is 403 g/mol. The number of methoxy groups -OCH3 is 1. The van der Waals surface area contributed by atoms with Crippen molar-refractivity contribution in [3.8, 4) is 17.0 Å². The number of nitrogens with one attached hydrogen (secondary N) is 1. The summed E-state index contributed by atoms with van der Waals surface area (Å²) in [4.78, 5) is 16.0. The summed E-state index contributed by atoms with van der Waals surface area (Å²) in [5.74, 6) is 1.00. The van der Waals surface area contributed by atoms with E-state index in [1.54, 1.807) is 18.4 Å². The first kappa shape index (κ1) is 19.2. The van der Waals surface area contributed by atoms with Crippen LogP contribution in [0.1, 0.15) is 30.3 Å². The van der Waals surface area contributed by atoms with E-state index < -0.39 is 0 Å². The van der Waals surface area contributed by atoms with Gasteiger partial charge in [-0.1, -0.05) is 43.3 Å². The second-order valence-electron chi connectivity index (χ2n) is 7.02. The Hall–Kier alpha value is -3.18. The van der Waals surface area contributed by atoms with E-state index in [0.29, 0.717) is 0 Å². The molecule has 0 saturated heterocycles. The van der Waals surface area contributed by atoms with Gasteiger partial charge in [0.25, 0.3) is 0 Å². The van der Waals surface area contributed by atoms with E-state index >= 15 is 0 Å². The van der Waals surface area contributed by atoms with Crippen LogP contribution in [0.15, 0.2) is 66.0 Å². The average Bonchev–Trinajstić information content (AvgIpc) is 3.22. The molecule has 0 radical (unpaired) electrons. The van der Waals surface area contributed by atoms with Crippen LogP contribution < -0.4 is 10.1 Å². The molecule has 3 aromatic carbocycles. The Kier molecular flexibility index (Phi) is 5.32. The number of nitrogens with zero attached hydrogens (tertiary/aromatic N) is 1. The molecule has 0 spiro atoms. The number of amides is 1. The van der Waals surface area contributed by atoms with Crippen molar-refractivity contribution in [2.75, 3.05) is 12.4 Å². The number of anilines is 1. The SMILES string of the molecule is COc1ccc2cc(C(C)c3nc(-c4ccc(NC(C)=O)cc4)cs3)ccc2c1. The summed E-state index contributed by atoms with van der Waals surface area (Å²) >= 11 is 1.67. The van der Waals surface area contributed by atoms with E-state index in [1.807, 2.05) is 30.3 Å². The number of fused-ring (bicyclic) bond motifs is 1. The van der Waals surface area contributed by atoms with E-state index in [4.69, 9.17) is 9.72 Å². The van der Waals surface area contributed by atoms with Crippen molar-refractivity contribution in [2.45, 2.75) is 19.8 Å². The van der Waals surface area contributed by atoms with Crippen molar-refractivity contribution in [2.24, 2.45) is 0 Å². The lowest BCUT2D eigenvalue weighted by Gasteiger charge is -2.11. The third-order valence-corrected chi connectivity index (χ3v) is 5.99. The first-order chi connectivity index (χ1) is 14.0. The summed E-state index contributed by atoms with van der Waals surface area (Å²) in [5.41, 5.74) is 4.03. The van der Waals surface area contributed by atoms with Gasteiger partial charge in [-0.2, -0.15) is 0 Å². The third-order valence-electron chi connectivity index (χ3n) is 4.96. The Morgan fingerprint density at radius 2 is 1.76 bits per heavy atom. The van der Waals surface area contributed by atoms with Crippen LogP contribution in [0.4, 0.5) is 5.69 Å². The standard InChI is InChI=1S/C24H22N2O2S/c1-15(18-4-5-20-13-22(28-3)11-8-19(20)12-18)24-26-23(14-29-24)17-6-9-21(10-7-17)25-16(2)27/h4-15H,1-3H3,(H,25,27). The highest BCUT2D eigenvalue weighted by Crippen LogP contribution is 2.32. The molecule has 1 heterocycles. The van der Waals surface area contributed by atoms with Gasteiger partial charge < -0.3 is 10.1 Å². The summed E-state index contributed by atoms with van der Waals surface area (Å²) in [7, 11) is 1.69. The van der Waals surface area contributed by atoms with Gasteiger partial charge in [0, 0.05) is 29.5 Å². The second-order valence-corrected chi connectivity index (χ2v) is 7.91. The minimum Gasteiger partial charge on any atom is -0.497 e. The molecule has 1 unspecified atom stereocenters. The zero-order valence-electron chi connectivity index (χ0n) is 16.6. The molecule has 1 amide bonds. The van der Waals surface area contributed by atoms with Crippen LogP contribution in [0.2, 0.25) is 0 Å². The maximum absolute atomic E-state index is 11.2. The third kappa shape index (κ3) is 4.15. The number of ether oxygens (including phenoxy) is 1. The topological polar surface area (TPSA) is 51.2 Å². The fourth-order valence-corrected chi connectivity index (χ4v) is 4.24. The van der Waals surface area contributed by atoms with Gasteiger partial charge in [0.2, 0.25) is 5.91 Å². The van der Waals surface area contributed by atoms with Gasteiger partial charge in [0.1, 0.15) is 10.8 Å². The molecular formula is C24H22N2O2S. The molecule has 0 fully saturated rings. The van der Waals surface area contributed by atoms with Crippen LogP contribution in [0, 0.1) is 0 Å². The highest BCUT2D eigenvalue weighted by molar-refractivity contribution is 7.10. The largest absolute Gasteiger partial charge is 0.497 e. The molecule has 4 aromatic rings. The van der Waals surface area contributed by atoms with Crippen LogP contribution in [0.5, 0.6) is 5.75 Å². The minimum absolute atomic E-state index is 0.0728. The van der Waals surface area contributed by atoms with Crippen molar-refractivity contribution in [3.05, 3.63) is 76.6 Å². The molecule has 0 bridgehead atoms. The molecule has 0 aliphatic rings. The Morgan fingerprint density at radius 3 is 2.48 bits per heavy atom. The lowest BCUT2D eigenvalue weighted by atomic mass is 9.98. The van der Waals surface area contributed by atoms with Crippen LogP contribution >= 0.6 is 11.3 Å². The van der Waals surface area contributed by atoms with Crippen molar-refractivity contribution >= 4 is 33.7 Å². The molecule has 0 aliphatic carbocycles. The van der Waals surface area contributed by atoms with Crippen molar-refractivity contribution < 1.29 is 9.53 Å². The summed E-state index contributed by atoms with van der Waals surface area (Å²) in [5, 5.41) is 8.32. The summed E-state index contributed by atoms with van der Waals surface area (Å²) in [6.07, 6.45) is 0. The number of benzene rings is 3. The molecule has 4 nitrogen and oxygen atoms in total. The van der Waals surface area contributed by atoms with Gasteiger partial charge in [-0.05, 0) is 40.6 Å². The molecule has 29 heavy (non-hydrogen) atoms. The smallest absolute Gasteiger partial charge is 0.221 e. The number of hydrogen-bond acceptors (Lipinski definition) is 4. The monoisotopic (exact) mass is 402 g/mol. The van der Waals surface area contributed by atoms with E-state index in [1.165, 1.54) is 23.3 Å².